The quantitative estimate of drug-likeness (QED) is 0.789. The van der Waals surface area contributed by atoms with Crippen molar-refractivity contribution in [3.8, 4) is 5.75 Å². The first-order valence-corrected chi connectivity index (χ1v) is 9.54. The Morgan fingerprint density at radius 3 is 2.23 bits per heavy atom. The minimum absolute atomic E-state index is 0.331. The molecule has 3 heteroatoms. The van der Waals surface area contributed by atoms with Crippen LogP contribution in [-0.4, -0.2) is 47.6 Å². The van der Waals surface area contributed by atoms with Gasteiger partial charge in [0.05, 0.1) is 0 Å². The monoisotopic (exact) mass is 350 g/mol. The second-order valence-corrected chi connectivity index (χ2v) is 7.42. The summed E-state index contributed by atoms with van der Waals surface area (Å²) in [7, 11) is 0. The maximum atomic E-state index is 9.55. The molecule has 2 aromatic rings. The normalized spacial score (nSPS) is 17.0. The molecule has 1 unspecified atom stereocenters. The molecule has 1 aliphatic heterocycles. The van der Waals surface area contributed by atoms with E-state index in [-0.39, 0.29) is 0 Å². The van der Waals surface area contributed by atoms with Gasteiger partial charge in [-0.05, 0) is 43.5 Å². The van der Waals surface area contributed by atoms with Crippen molar-refractivity contribution in [1.82, 2.24) is 9.80 Å². The highest BCUT2D eigenvalue weighted by molar-refractivity contribution is 5.29. The van der Waals surface area contributed by atoms with Gasteiger partial charge in [-0.2, -0.15) is 0 Å². The molecule has 0 saturated carbocycles. The van der Waals surface area contributed by atoms with E-state index in [9.17, 15) is 5.11 Å². The Bertz CT molecular complexity index is 697. The van der Waals surface area contributed by atoms with Crippen molar-refractivity contribution in [3.05, 3.63) is 77.4 Å². The Kier molecular flexibility index (Phi) is 6.48. The van der Waals surface area contributed by atoms with Crippen LogP contribution in [0.3, 0.4) is 0 Å². The van der Waals surface area contributed by atoms with E-state index in [2.05, 4.69) is 60.1 Å². The van der Waals surface area contributed by atoms with Gasteiger partial charge in [-0.15, -0.1) is 0 Å². The average molecular weight is 351 g/mol. The third-order valence-corrected chi connectivity index (χ3v) is 5.16. The molecule has 138 valence electrons. The summed E-state index contributed by atoms with van der Waals surface area (Å²) < 4.78 is 0. The van der Waals surface area contributed by atoms with Gasteiger partial charge in [-0.1, -0.05) is 54.1 Å². The Morgan fingerprint density at radius 2 is 1.62 bits per heavy atom. The number of aromatic hydroxyl groups is 1. The number of hydrogen-bond donors (Lipinski definition) is 1. The molecule has 0 bridgehead atoms. The largest absolute Gasteiger partial charge is 0.508 e. The first kappa shape index (κ1) is 18.7. The lowest BCUT2D eigenvalue weighted by molar-refractivity contribution is 0.102. The Balaban J connectivity index is 1.70. The van der Waals surface area contributed by atoms with E-state index in [0.717, 1.165) is 39.1 Å². The molecule has 0 amide bonds. The zero-order valence-electron chi connectivity index (χ0n) is 15.9. The van der Waals surface area contributed by atoms with Crippen molar-refractivity contribution in [2.75, 3.05) is 32.7 Å². The van der Waals surface area contributed by atoms with Crippen molar-refractivity contribution >= 4 is 0 Å². The van der Waals surface area contributed by atoms with Crippen LogP contribution in [0.4, 0.5) is 0 Å². The van der Waals surface area contributed by atoms with Crippen LogP contribution >= 0.6 is 0 Å². The summed E-state index contributed by atoms with van der Waals surface area (Å²) in [5.41, 5.74) is 4.03. The lowest BCUT2D eigenvalue weighted by Crippen LogP contribution is -2.48. The van der Waals surface area contributed by atoms with E-state index in [4.69, 9.17) is 0 Å². The lowest BCUT2D eigenvalue weighted by Gasteiger charge is -2.39. The van der Waals surface area contributed by atoms with E-state index in [1.54, 1.807) is 12.1 Å². The van der Waals surface area contributed by atoms with Crippen molar-refractivity contribution in [2.24, 2.45) is 0 Å². The number of phenolic OH excluding ortho intramolecular Hbond substituents is 1. The molecule has 0 aromatic heterocycles. The smallest absolute Gasteiger partial charge is 0.115 e. The molecule has 0 radical (unpaired) electrons. The second kappa shape index (κ2) is 9.02. The number of rotatable bonds is 6. The molecule has 26 heavy (non-hydrogen) atoms. The van der Waals surface area contributed by atoms with Gasteiger partial charge in [0.15, 0.2) is 0 Å². The zero-order chi connectivity index (χ0) is 18.4. The van der Waals surface area contributed by atoms with E-state index in [1.807, 2.05) is 12.1 Å². The highest BCUT2D eigenvalue weighted by Crippen LogP contribution is 2.27. The molecule has 2 aromatic carbocycles. The predicted octanol–water partition coefficient (Wildman–Crippen LogP) is 4.26. The summed E-state index contributed by atoms with van der Waals surface area (Å²) >= 11 is 0. The number of piperazine rings is 1. The lowest BCUT2D eigenvalue weighted by atomic mass is 9.96. The maximum Gasteiger partial charge on any atom is 0.115 e. The van der Waals surface area contributed by atoms with Gasteiger partial charge in [-0.3, -0.25) is 9.80 Å². The van der Waals surface area contributed by atoms with Crippen molar-refractivity contribution in [3.63, 3.8) is 0 Å². The van der Waals surface area contributed by atoms with Gasteiger partial charge < -0.3 is 5.11 Å². The molecule has 1 atom stereocenters. The second-order valence-electron chi connectivity index (χ2n) is 7.42. The summed E-state index contributed by atoms with van der Waals surface area (Å²) in [6.45, 7) is 9.80. The van der Waals surface area contributed by atoms with Crippen LogP contribution < -0.4 is 0 Å². The van der Waals surface area contributed by atoms with Crippen molar-refractivity contribution < 1.29 is 5.11 Å². The third-order valence-electron chi connectivity index (χ3n) is 5.16. The number of allylic oxidation sites excluding steroid dienone is 1. The van der Waals surface area contributed by atoms with Gasteiger partial charge in [-0.25, -0.2) is 0 Å². The van der Waals surface area contributed by atoms with Crippen LogP contribution in [0.25, 0.3) is 0 Å². The fraction of sp³-hybridized carbons (Fsp3) is 0.391. The summed E-state index contributed by atoms with van der Waals surface area (Å²) in [4.78, 5) is 5.15. The number of nitrogens with zero attached hydrogens (tertiary/aromatic N) is 2. The fourth-order valence-electron chi connectivity index (χ4n) is 3.56. The van der Waals surface area contributed by atoms with Crippen molar-refractivity contribution in [2.45, 2.75) is 26.3 Å². The molecular weight excluding hydrogens is 320 g/mol. The van der Waals surface area contributed by atoms with Crippen LogP contribution in [0, 0.1) is 0 Å². The van der Waals surface area contributed by atoms with E-state index >= 15 is 0 Å². The molecule has 1 saturated heterocycles. The van der Waals surface area contributed by atoms with Gasteiger partial charge in [0.1, 0.15) is 5.75 Å². The molecular formula is C23H30N2O. The summed E-state index contributed by atoms with van der Waals surface area (Å²) in [5.74, 6) is 0.331. The first-order valence-electron chi connectivity index (χ1n) is 9.54. The SMILES string of the molecule is CC(C)=CCN1CCN(C(Cc2ccc(O)cc2)c2ccccc2)CC1. The third kappa shape index (κ3) is 5.20. The molecule has 1 aliphatic rings. The molecule has 1 heterocycles. The van der Waals surface area contributed by atoms with Crippen LogP contribution in [0.2, 0.25) is 0 Å². The number of hydrogen-bond acceptors (Lipinski definition) is 3. The van der Waals surface area contributed by atoms with Crippen LogP contribution in [0.5, 0.6) is 5.75 Å². The minimum Gasteiger partial charge on any atom is -0.508 e. The summed E-state index contributed by atoms with van der Waals surface area (Å²) in [6.07, 6.45) is 3.29. The molecule has 0 spiro atoms. The fourth-order valence-corrected chi connectivity index (χ4v) is 3.56. The maximum absolute atomic E-state index is 9.55. The van der Waals surface area contributed by atoms with Crippen LogP contribution in [0.15, 0.2) is 66.2 Å². The van der Waals surface area contributed by atoms with Gasteiger partial charge in [0, 0.05) is 38.8 Å². The standard InChI is InChI=1S/C23H30N2O/c1-19(2)12-13-24-14-16-25(17-15-24)23(21-6-4-3-5-7-21)18-20-8-10-22(26)11-9-20/h3-12,23,26H,13-18H2,1-2H3. The predicted molar refractivity (Wildman–Crippen MR) is 108 cm³/mol. The Morgan fingerprint density at radius 1 is 0.962 bits per heavy atom. The molecule has 0 aliphatic carbocycles. The Labute approximate surface area is 157 Å². The average Bonchev–Trinajstić information content (AvgIpc) is 2.67. The Hall–Kier alpha value is -2.10. The van der Waals surface area contributed by atoms with E-state index in [0.29, 0.717) is 11.8 Å². The highest BCUT2D eigenvalue weighted by atomic mass is 16.3. The summed E-state index contributed by atoms with van der Waals surface area (Å²) in [5, 5.41) is 9.55. The van der Waals surface area contributed by atoms with E-state index in [1.165, 1.54) is 16.7 Å². The van der Waals surface area contributed by atoms with E-state index < -0.39 is 0 Å². The van der Waals surface area contributed by atoms with Crippen LogP contribution in [0.1, 0.15) is 31.0 Å². The molecule has 3 rings (SSSR count). The molecule has 1 fully saturated rings. The van der Waals surface area contributed by atoms with Gasteiger partial charge in [0.25, 0.3) is 0 Å². The van der Waals surface area contributed by atoms with Gasteiger partial charge >= 0.3 is 0 Å². The van der Waals surface area contributed by atoms with Crippen molar-refractivity contribution in [1.29, 1.82) is 0 Å². The topological polar surface area (TPSA) is 26.7 Å². The highest BCUT2D eigenvalue weighted by Gasteiger charge is 2.24. The molecule has 1 N–H and O–H groups in total. The zero-order valence-corrected chi connectivity index (χ0v) is 15.9. The number of benzene rings is 2. The summed E-state index contributed by atoms with van der Waals surface area (Å²) in [6, 6.07) is 18.8. The number of phenols is 1. The first-order chi connectivity index (χ1) is 12.6. The van der Waals surface area contributed by atoms with Crippen LogP contribution in [-0.2, 0) is 6.42 Å². The van der Waals surface area contributed by atoms with Gasteiger partial charge in [0.2, 0.25) is 0 Å². The molecule has 3 nitrogen and oxygen atoms in total. The minimum atomic E-state index is 0.331.